The number of nitrogens with zero attached hydrogens (tertiary/aromatic N) is 3. The summed E-state index contributed by atoms with van der Waals surface area (Å²) in [7, 11) is 0. The summed E-state index contributed by atoms with van der Waals surface area (Å²) in [6.45, 7) is -0.612. The van der Waals surface area contributed by atoms with Crippen LogP contribution in [-0.2, 0) is 11.3 Å². The number of carbonyl (C=O) groups is 1. The van der Waals surface area contributed by atoms with E-state index in [0.29, 0.717) is 10.6 Å². The Hall–Kier alpha value is -2.49. The molecule has 1 unspecified atom stereocenters. The van der Waals surface area contributed by atoms with Gasteiger partial charge in [-0.25, -0.2) is 13.8 Å². The molecular formula is C20H17Cl2F4N3O2. The Labute approximate surface area is 185 Å². The second-order valence-electron chi connectivity index (χ2n) is 6.18. The van der Waals surface area contributed by atoms with Gasteiger partial charge in [0.2, 0.25) is 0 Å². The highest BCUT2D eigenvalue weighted by atomic mass is 35.5. The molecule has 0 aliphatic heterocycles. The van der Waals surface area contributed by atoms with Crippen LogP contribution < -0.4 is 0 Å². The van der Waals surface area contributed by atoms with Crippen molar-refractivity contribution in [1.82, 2.24) is 14.8 Å². The molecule has 0 bridgehead atoms. The first-order chi connectivity index (χ1) is 14.7. The van der Waals surface area contributed by atoms with Gasteiger partial charge in [-0.1, -0.05) is 59.6 Å². The van der Waals surface area contributed by atoms with Crippen LogP contribution in [0.25, 0.3) is 0 Å². The minimum atomic E-state index is -4.54. The van der Waals surface area contributed by atoms with Crippen molar-refractivity contribution in [3.63, 3.8) is 0 Å². The van der Waals surface area contributed by atoms with Gasteiger partial charge in [-0.15, -0.1) is 0 Å². The van der Waals surface area contributed by atoms with Crippen LogP contribution in [0, 0.1) is 0 Å². The van der Waals surface area contributed by atoms with Crippen molar-refractivity contribution in [2.45, 2.75) is 25.0 Å². The molecule has 1 heterocycles. The maximum Gasteiger partial charge on any atom is 0.416 e. The van der Waals surface area contributed by atoms with Gasteiger partial charge < -0.3 is 4.74 Å². The monoisotopic (exact) mass is 477 g/mol. The second-order valence-corrected chi connectivity index (χ2v) is 7.03. The molecule has 3 aromatic rings. The van der Waals surface area contributed by atoms with E-state index in [1.54, 1.807) is 12.1 Å². The topological polar surface area (TPSA) is 57.0 Å². The van der Waals surface area contributed by atoms with E-state index in [2.05, 4.69) is 14.8 Å². The molecule has 0 N–H and O–H groups in total. The predicted molar refractivity (Wildman–Crippen MR) is 108 cm³/mol. The highest BCUT2D eigenvalue weighted by molar-refractivity contribution is 6.35. The van der Waals surface area contributed by atoms with Crippen molar-refractivity contribution in [1.29, 1.82) is 0 Å². The van der Waals surface area contributed by atoms with Crippen LogP contribution in [0.4, 0.5) is 17.6 Å². The first-order valence-corrected chi connectivity index (χ1v) is 9.56. The number of benzene rings is 2. The minimum absolute atomic E-state index is 0.0701. The van der Waals surface area contributed by atoms with Crippen LogP contribution >= 0.6 is 23.2 Å². The quantitative estimate of drug-likeness (QED) is 0.306. The average Bonchev–Trinajstić information content (AvgIpc) is 3.25. The molecule has 3 rings (SSSR count). The molecule has 0 radical (unpaired) electrons. The van der Waals surface area contributed by atoms with Gasteiger partial charge in [0.25, 0.3) is 0 Å². The molecule has 31 heavy (non-hydrogen) atoms. The van der Waals surface area contributed by atoms with E-state index in [4.69, 9.17) is 23.2 Å². The molecule has 0 spiro atoms. The standard InChI is InChI=1S/C13H11Cl2F4N3O.C7H6O/c14-9-1-2-10(11(15)3-9)8(4-22-7-20-6-21-22)5-23-13(18,19)12(16)17;8-6-7-4-2-1-3-5-7/h1-3,6-8,12H,4-5H2;1-6H. The summed E-state index contributed by atoms with van der Waals surface area (Å²) in [4.78, 5) is 13.7. The van der Waals surface area contributed by atoms with Crippen LogP contribution in [0.3, 0.4) is 0 Å². The second kappa shape index (κ2) is 11.8. The molecule has 0 fully saturated rings. The van der Waals surface area contributed by atoms with Gasteiger partial charge in [-0.05, 0) is 17.7 Å². The molecule has 0 aliphatic carbocycles. The van der Waals surface area contributed by atoms with Crippen molar-refractivity contribution in [3.05, 3.63) is 82.4 Å². The normalized spacial score (nSPS) is 12.2. The minimum Gasteiger partial charge on any atom is -0.315 e. The Kier molecular flexibility index (Phi) is 9.42. The largest absolute Gasteiger partial charge is 0.416 e. The number of carbonyl (C=O) groups excluding carboxylic acids is 1. The number of aromatic nitrogens is 3. The number of hydrogen-bond donors (Lipinski definition) is 0. The summed E-state index contributed by atoms with van der Waals surface area (Å²) in [5, 5.41) is 4.43. The number of aldehydes is 1. The van der Waals surface area contributed by atoms with Crippen molar-refractivity contribution < 1.29 is 27.1 Å². The summed E-state index contributed by atoms with van der Waals surface area (Å²) < 4.78 is 55.9. The Balaban J connectivity index is 0.000000357. The Bertz CT molecular complexity index is 945. The Morgan fingerprint density at radius 2 is 1.84 bits per heavy atom. The molecule has 0 saturated heterocycles. The summed E-state index contributed by atoms with van der Waals surface area (Å²) in [5.41, 5.74) is 1.16. The predicted octanol–water partition coefficient (Wildman–Crippen LogP) is 5.74. The highest BCUT2D eigenvalue weighted by Gasteiger charge is 2.43. The van der Waals surface area contributed by atoms with Crippen LogP contribution in [0.1, 0.15) is 21.8 Å². The van der Waals surface area contributed by atoms with Crippen molar-refractivity contribution in [2.24, 2.45) is 0 Å². The average molecular weight is 478 g/mol. The molecule has 1 aromatic heterocycles. The number of rotatable bonds is 8. The third kappa shape index (κ3) is 7.93. The van der Waals surface area contributed by atoms with E-state index in [9.17, 15) is 22.4 Å². The van der Waals surface area contributed by atoms with Gasteiger partial charge in [-0.2, -0.15) is 13.9 Å². The number of alkyl halides is 4. The SMILES string of the molecule is FC(F)C(F)(F)OCC(Cn1cncn1)c1ccc(Cl)cc1Cl.O=Cc1ccccc1. The fourth-order valence-corrected chi connectivity index (χ4v) is 3.00. The number of hydrogen-bond acceptors (Lipinski definition) is 4. The lowest BCUT2D eigenvalue weighted by molar-refractivity contribution is -0.302. The van der Waals surface area contributed by atoms with E-state index >= 15 is 0 Å². The summed E-state index contributed by atoms with van der Waals surface area (Å²) in [6, 6.07) is 13.6. The first-order valence-electron chi connectivity index (χ1n) is 8.80. The molecule has 2 aromatic carbocycles. The van der Waals surface area contributed by atoms with E-state index in [1.807, 2.05) is 18.2 Å². The Morgan fingerprint density at radius 1 is 1.13 bits per heavy atom. The summed E-state index contributed by atoms with van der Waals surface area (Å²) in [5.74, 6) is -0.744. The van der Waals surface area contributed by atoms with Crippen LogP contribution in [-0.4, -0.2) is 40.2 Å². The lowest BCUT2D eigenvalue weighted by Gasteiger charge is -2.22. The highest BCUT2D eigenvalue weighted by Crippen LogP contribution is 2.32. The number of ether oxygens (including phenoxy) is 1. The molecule has 0 aliphatic rings. The van der Waals surface area contributed by atoms with Crippen molar-refractivity contribution in [3.8, 4) is 0 Å². The van der Waals surface area contributed by atoms with Crippen LogP contribution in [0.2, 0.25) is 10.0 Å². The summed E-state index contributed by atoms with van der Waals surface area (Å²) in [6.07, 6.45) is -5.01. The van der Waals surface area contributed by atoms with Gasteiger partial charge in [0, 0.05) is 21.5 Å². The molecule has 1 atom stereocenters. The molecule has 0 saturated carbocycles. The maximum atomic E-state index is 13.0. The van der Waals surface area contributed by atoms with Gasteiger partial charge in [0.15, 0.2) is 0 Å². The third-order valence-corrected chi connectivity index (χ3v) is 4.51. The number of halogens is 6. The lowest BCUT2D eigenvalue weighted by Crippen LogP contribution is -2.32. The fraction of sp³-hybridized carbons (Fsp3) is 0.250. The van der Waals surface area contributed by atoms with Gasteiger partial charge in [-0.3, -0.25) is 9.48 Å². The van der Waals surface area contributed by atoms with E-state index in [0.717, 1.165) is 11.8 Å². The zero-order valence-corrected chi connectivity index (χ0v) is 17.4. The molecule has 166 valence electrons. The van der Waals surface area contributed by atoms with Gasteiger partial charge in [0.1, 0.15) is 18.9 Å². The van der Waals surface area contributed by atoms with E-state index in [-0.39, 0.29) is 11.6 Å². The molecule has 5 nitrogen and oxygen atoms in total. The smallest absolute Gasteiger partial charge is 0.315 e. The molecule has 11 heteroatoms. The van der Waals surface area contributed by atoms with E-state index in [1.165, 1.54) is 35.5 Å². The van der Waals surface area contributed by atoms with Gasteiger partial charge >= 0.3 is 12.5 Å². The first kappa shape index (κ1) is 24.8. The Morgan fingerprint density at radius 3 is 2.35 bits per heavy atom. The zero-order chi connectivity index (χ0) is 22.9. The lowest BCUT2D eigenvalue weighted by atomic mass is 10.00. The maximum absolute atomic E-state index is 13.0. The zero-order valence-electron chi connectivity index (χ0n) is 15.8. The van der Waals surface area contributed by atoms with Crippen LogP contribution in [0.5, 0.6) is 0 Å². The molecule has 0 amide bonds. The van der Waals surface area contributed by atoms with Crippen molar-refractivity contribution in [2.75, 3.05) is 6.61 Å². The van der Waals surface area contributed by atoms with Gasteiger partial charge in [0.05, 0.1) is 13.2 Å². The van der Waals surface area contributed by atoms with Crippen LogP contribution in [0.15, 0.2) is 61.2 Å². The summed E-state index contributed by atoms with van der Waals surface area (Å²) >= 11 is 11.8. The van der Waals surface area contributed by atoms with E-state index < -0.39 is 25.1 Å². The third-order valence-electron chi connectivity index (χ3n) is 3.94. The molecular weight excluding hydrogens is 461 g/mol. The van der Waals surface area contributed by atoms with Crippen molar-refractivity contribution >= 4 is 29.5 Å². The fourth-order valence-electron chi connectivity index (χ4n) is 2.43.